The first kappa shape index (κ1) is 13.0. The molecule has 0 saturated carbocycles. The standard InChI is InChI=1S/C12H12ClFN2O2/c1-7-12(18)16(11(17)5-15-7)6-8-2-3-9(13)4-10(8)14/h2-4,7,15H,5-6H2,1H3. The molecule has 2 rings (SSSR count). The fraction of sp³-hybridized carbons (Fsp3) is 0.333. The lowest BCUT2D eigenvalue weighted by Gasteiger charge is -2.29. The molecule has 1 N–H and O–H groups in total. The van der Waals surface area contributed by atoms with E-state index in [1.54, 1.807) is 6.92 Å². The van der Waals surface area contributed by atoms with Crippen molar-refractivity contribution in [2.24, 2.45) is 0 Å². The Morgan fingerprint density at radius 1 is 1.50 bits per heavy atom. The van der Waals surface area contributed by atoms with Crippen molar-refractivity contribution in [3.05, 3.63) is 34.6 Å². The summed E-state index contributed by atoms with van der Waals surface area (Å²) in [6.45, 7) is 1.69. The molecule has 1 aromatic rings. The topological polar surface area (TPSA) is 49.4 Å². The first-order valence-corrected chi connectivity index (χ1v) is 5.88. The summed E-state index contributed by atoms with van der Waals surface area (Å²) in [6, 6.07) is 3.74. The molecule has 1 unspecified atom stereocenters. The molecule has 1 fully saturated rings. The van der Waals surface area contributed by atoms with E-state index >= 15 is 0 Å². The first-order chi connectivity index (χ1) is 8.49. The summed E-state index contributed by atoms with van der Waals surface area (Å²) in [5.41, 5.74) is 0.273. The van der Waals surface area contributed by atoms with Gasteiger partial charge in [0.15, 0.2) is 0 Å². The van der Waals surface area contributed by atoms with Crippen molar-refractivity contribution in [1.82, 2.24) is 10.2 Å². The van der Waals surface area contributed by atoms with Gasteiger partial charge in [-0.1, -0.05) is 17.7 Å². The van der Waals surface area contributed by atoms with Crippen LogP contribution >= 0.6 is 11.6 Å². The van der Waals surface area contributed by atoms with E-state index in [0.717, 1.165) is 11.0 Å². The van der Waals surface area contributed by atoms with Crippen LogP contribution in [0.3, 0.4) is 0 Å². The summed E-state index contributed by atoms with van der Waals surface area (Å²) >= 11 is 5.64. The van der Waals surface area contributed by atoms with Crippen LogP contribution in [0.25, 0.3) is 0 Å². The SMILES string of the molecule is CC1NCC(=O)N(Cc2ccc(Cl)cc2F)C1=O. The Hall–Kier alpha value is -1.46. The Morgan fingerprint density at radius 2 is 2.22 bits per heavy atom. The second kappa shape index (κ2) is 5.04. The number of nitrogens with one attached hydrogen (secondary N) is 1. The Kier molecular flexibility index (Phi) is 3.63. The van der Waals surface area contributed by atoms with Crippen molar-refractivity contribution in [3.63, 3.8) is 0 Å². The molecule has 1 atom stereocenters. The number of carbonyl (C=O) groups is 2. The molecule has 4 nitrogen and oxygen atoms in total. The van der Waals surface area contributed by atoms with E-state index in [9.17, 15) is 14.0 Å². The molecule has 18 heavy (non-hydrogen) atoms. The fourth-order valence-electron chi connectivity index (χ4n) is 1.77. The smallest absolute Gasteiger partial charge is 0.246 e. The molecule has 1 aromatic carbocycles. The third-order valence-electron chi connectivity index (χ3n) is 2.84. The van der Waals surface area contributed by atoms with Crippen molar-refractivity contribution >= 4 is 23.4 Å². The molecule has 6 heteroatoms. The van der Waals surface area contributed by atoms with Gasteiger partial charge in [0.2, 0.25) is 11.8 Å². The van der Waals surface area contributed by atoms with Gasteiger partial charge < -0.3 is 0 Å². The summed E-state index contributed by atoms with van der Waals surface area (Å²) in [5.74, 6) is -1.22. The van der Waals surface area contributed by atoms with Crippen LogP contribution in [0, 0.1) is 5.82 Å². The van der Waals surface area contributed by atoms with Crippen LogP contribution in [0.15, 0.2) is 18.2 Å². The van der Waals surface area contributed by atoms with Crippen molar-refractivity contribution < 1.29 is 14.0 Å². The lowest BCUT2D eigenvalue weighted by atomic mass is 10.1. The largest absolute Gasteiger partial charge is 0.298 e. The zero-order valence-electron chi connectivity index (χ0n) is 9.74. The molecular formula is C12H12ClFN2O2. The maximum absolute atomic E-state index is 13.6. The van der Waals surface area contributed by atoms with E-state index in [-0.39, 0.29) is 35.5 Å². The van der Waals surface area contributed by atoms with Crippen LogP contribution in [0.2, 0.25) is 5.02 Å². The summed E-state index contributed by atoms with van der Waals surface area (Å²) in [6.07, 6.45) is 0. The third-order valence-corrected chi connectivity index (χ3v) is 3.08. The van der Waals surface area contributed by atoms with Crippen LogP contribution in [0.1, 0.15) is 12.5 Å². The number of nitrogens with zero attached hydrogens (tertiary/aromatic N) is 1. The molecule has 2 amide bonds. The normalized spacial score (nSPS) is 20.4. The van der Waals surface area contributed by atoms with Gasteiger partial charge in [0, 0.05) is 10.6 Å². The number of halogens is 2. The average Bonchev–Trinajstić information content (AvgIpc) is 2.32. The molecule has 0 spiro atoms. The summed E-state index contributed by atoms with van der Waals surface area (Å²) in [4.78, 5) is 24.5. The van der Waals surface area contributed by atoms with E-state index in [0.29, 0.717) is 0 Å². The number of amides is 2. The van der Waals surface area contributed by atoms with Crippen LogP contribution in [-0.4, -0.2) is 29.3 Å². The van der Waals surface area contributed by atoms with Crippen molar-refractivity contribution in [1.29, 1.82) is 0 Å². The van der Waals surface area contributed by atoms with Gasteiger partial charge in [-0.3, -0.25) is 19.8 Å². The number of rotatable bonds is 2. The maximum atomic E-state index is 13.6. The molecule has 1 saturated heterocycles. The molecule has 1 heterocycles. The minimum absolute atomic E-state index is 0.0628. The quantitative estimate of drug-likeness (QED) is 0.825. The highest BCUT2D eigenvalue weighted by Gasteiger charge is 2.31. The van der Waals surface area contributed by atoms with Crippen LogP contribution < -0.4 is 5.32 Å². The summed E-state index contributed by atoms with van der Waals surface area (Å²) in [7, 11) is 0. The molecule has 1 aliphatic heterocycles. The van der Waals surface area contributed by atoms with Crippen molar-refractivity contribution in [3.8, 4) is 0 Å². The van der Waals surface area contributed by atoms with Gasteiger partial charge in [-0.25, -0.2) is 4.39 Å². The van der Waals surface area contributed by atoms with E-state index < -0.39 is 11.9 Å². The number of hydrogen-bond acceptors (Lipinski definition) is 3. The summed E-state index contributed by atoms with van der Waals surface area (Å²) in [5, 5.41) is 3.05. The Morgan fingerprint density at radius 3 is 2.89 bits per heavy atom. The molecule has 0 radical (unpaired) electrons. The Bertz CT molecular complexity index is 507. The van der Waals surface area contributed by atoms with Crippen LogP contribution in [0.5, 0.6) is 0 Å². The predicted octanol–water partition coefficient (Wildman–Crippen LogP) is 1.33. The minimum Gasteiger partial charge on any atom is -0.298 e. The van der Waals surface area contributed by atoms with E-state index in [1.807, 2.05) is 0 Å². The van der Waals surface area contributed by atoms with Gasteiger partial charge >= 0.3 is 0 Å². The predicted molar refractivity (Wildman–Crippen MR) is 64.4 cm³/mol. The van der Waals surface area contributed by atoms with E-state index in [4.69, 9.17) is 11.6 Å². The number of piperazine rings is 1. The molecule has 0 aliphatic carbocycles. The monoisotopic (exact) mass is 270 g/mol. The highest BCUT2D eigenvalue weighted by Crippen LogP contribution is 2.17. The number of carbonyl (C=O) groups excluding carboxylic acids is 2. The van der Waals surface area contributed by atoms with Crippen LogP contribution in [-0.2, 0) is 16.1 Å². The van der Waals surface area contributed by atoms with E-state index in [2.05, 4.69) is 5.32 Å². The van der Waals surface area contributed by atoms with Gasteiger partial charge in [0.25, 0.3) is 0 Å². The second-order valence-electron chi connectivity index (χ2n) is 4.16. The highest BCUT2D eigenvalue weighted by atomic mass is 35.5. The summed E-state index contributed by atoms with van der Waals surface area (Å²) < 4.78 is 13.6. The maximum Gasteiger partial charge on any atom is 0.246 e. The zero-order chi connectivity index (χ0) is 13.3. The first-order valence-electron chi connectivity index (χ1n) is 5.50. The molecular weight excluding hydrogens is 259 g/mol. The number of imide groups is 1. The van der Waals surface area contributed by atoms with Gasteiger partial charge in [-0.05, 0) is 19.1 Å². The molecule has 0 aromatic heterocycles. The second-order valence-corrected chi connectivity index (χ2v) is 4.59. The van der Waals surface area contributed by atoms with Gasteiger partial charge in [0.05, 0.1) is 19.1 Å². The van der Waals surface area contributed by atoms with Crippen LogP contribution in [0.4, 0.5) is 4.39 Å². The Balaban J connectivity index is 2.21. The Labute approximate surface area is 109 Å². The van der Waals surface area contributed by atoms with E-state index in [1.165, 1.54) is 12.1 Å². The lowest BCUT2D eigenvalue weighted by Crippen LogP contribution is -2.56. The average molecular weight is 271 g/mol. The van der Waals surface area contributed by atoms with Gasteiger partial charge in [-0.2, -0.15) is 0 Å². The number of hydrogen-bond donors (Lipinski definition) is 1. The van der Waals surface area contributed by atoms with Gasteiger partial charge in [0.1, 0.15) is 5.82 Å². The molecule has 0 bridgehead atoms. The number of benzene rings is 1. The minimum atomic E-state index is -0.519. The van der Waals surface area contributed by atoms with Crippen molar-refractivity contribution in [2.75, 3.05) is 6.54 Å². The zero-order valence-corrected chi connectivity index (χ0v) is 10.5. The fourth-order valence-corrected chi connectivity index (χ4v) is 1.92. The van der Waals surface area contributed by atoms with Gasteiger partial charge in [-0.15, -0.1) is 0 Å². The highest BCUT2D eigenvalue weighted by molar-refractivity contribution is 6.30. The molecule has 1 aliphatic rings. The third kappa shape index (κ3) is 2.52. The van der Waals surface area contributed by atoms with Crippen molar-refractivity contribution in [2.45, 2.75) is 19.5 Å². The lowest BCUT2D eigenvalue weighted by molar-refractivity contribution is -0.149. The molecule has 96 valence electrons.